The summed E-state index contributed by atoms with van der Waals surface area (Å²) in [5.74, 6) is -1.53. The van der Waals surface area contributed by atoms with Crippen molar-refractivity contribution in [2.45, 2.75) is 13.8 Å². The molecule has 0 atom stereocenters. The molecule has 1 N–H and O–H groups in total. The summed E-state index contributed by atoms with van der Waals surface area (Å²) in [6, 6.07) is 14.8. The zero-order valence-corrected chi connectivity index (χ0v) is 14.0. The standard InChI is InChI=1S/C20H18F2N2O/c1-13-10-17(14(2)24(13)16-6-4-3-5-7-16)20(25)12-23-19-9-8-15(21)11-18(19)22/h3-11,23H,12H2,1-2H3. The molecule has 0 aliphatic rings. The van der Waals surface area contributed by atoms with Crippen LogP contribution in [0.25, 0.3) is 5.69 Å². The summed E-state index contributed by atoms with van der Waals surface area (Å²) in [6.07, 6.45) is 0. The summed E-state index contributed by atoms with van der Waals surface area (Å²) in [7, 11) is 0. The molecule has 2 aromatic carbocycles. The molecule has 0 aliphatic carbocycles. The lowest BCUT2D eigenvalue weighted by molar-refractivity contribution is 0.101. The summed E-state index contributed by atoms with van der Waals surface area (Å²) >= 11 is 0. The highest BCUT2D eigenvalue weighted by Crippen LogP contribution is 2.21. The first kappa shape index (κ1) is 16.9. The van der Waals surface area contributed by atoms with Gasteiger partial charge in [-0.15, -0.1) is 0 Å². The molecule has 0 amide bonds. The Balaban J connectivity index is 1.81. The molecular formula is C20H18F2N2O. The first-order chi connectivity index (χ1) is 12.0. The van der Waals surface area contributed by atoms with Gasteiger partial charge in [0.15, 0.2) is 5.78 Å². The Labute approximate surface area is 144 Å². The first-order valence-electron chi connectivity index (χ1n) is 7.94. The molecule has 0 saturated heterocycles. The zero-order chi connectivity index (χ0) is 18.0. The van der Waals surface area contributed by atoms with Crippen LogP contribution >= 0.6 is 0 Å². The molecule has 1 heterocycles. The number of carbonyl (C=O) groups excluding carboxylic acids is 1. The van der Waals surface area contributed by atoms with Crippen molar-refractivity contribution in [3.8, 4) is 5.69 Å². The van der Waals surface area contributed by atoms with Gasteiger partial charge in [-0.05, 0) is 44.2 Å². The number of benzene rings is 2. The average molecular weight is 340 g/mol. The number of halogens is 2. The van der Waals surface area contributed by atoms with Crippen molar-refractivity contribution in [1.82, 2.24) is 4.57 Å². The third-order valence-electron chi connectivity index (χ3n) is 4.12. The van der Waals surface area contributed by atoms with Crippen LogP contribution in [0.1, 0.15) is 21.7 Å². The van der Waals surface area contributed by atoms with Crippen molar-refractivity contribution >= 4 is 11.5 Å². The lowest BCUT2D eigenvalue weighted by Gasteiger charge is -2.10. The Bertz CT molecular complexity index is 917. The fourth-order valence-electron chi connectivity index (χ4n) is 2.92. The molecule has 3 nitrogen and oxygen atoms in total. The Hall–Kier alpha value is -2.95. The Morgan fingerprint density at radius 3 is 2.44 bits per heavy atom. The molecule has 0 radical (unpaired) electrons. The Morgan fingerprint density at radius 1 is 1.04 bits per heavy atom. The van der Waals surface area contributed by atoms with E-state index in [0.717, 1.165) is 29.2 Å². The smallest absolute Gasteiger partial charge is 0.183 e. The summed E-state index contributed by atoms with van der Waals surface area (Å²) in [6.45, 7) is 3.75. The minimum atomic E-state index is -0.720. The molecule has 0 unspecified atom stereocenters. The van der Waals surface area contributed by atoms with Crippen LogP contribution < -0.4 is 5.32 Å². The van der Waals surface area contributed by atoms with Gasteiger partial charge in [-0.3, -0.25) is 4.79 Å². The van der Waals surface area contributed by atoms with Gasteiger partial charge in [0.2, 0.25) is 0 Å². The van der Waals surface area contributed by atoms with Gasteiger partial charge in [0.05, 0.1) is 12.2 Å². The number of aryl methyl sites for hydroxylation is 1. The highest BCUT2D eigenvalue weighted by atomic mass is 19.1. The van der Waals surface area contributed by atoms with Crippen molar-refractivity contribution in [1.29, 1.82) is 0 Å². The van der Waals surface area contributed by atoms with Crippen LogP contribution in [0.5, 0.6) is 0 Å². The predicted molar refractivity (Wildman–Crippen MR) is 94.4 cm³/mol. The minimum absolute atomic E-state index is 0.0678. The summed E-state index contributed by atoms with van der Waals surface area (Å²) < 4.78 is 28.6. The van der Waals surface area contributed by atoms with E-state index in [0.29, 0.717) is 5.56 Å². The van der Waals surface area contributed by atoms with Crippen molar-refractivity contribution in [3.05, 3.63) is 83.2 Å². The molecule has 25 heavy (non-hydrogen) atoms. The predicted octanol–water partition coefficient (Wildman–Crippen LogP) is 4.67. The second-order valence-corrected chi connectivity index (χ2v) is 5.86. The number of anilines is 1. The maximum absolute atomic E-state index is 13.7. The normalized spacial score (nSPS) is 10.7. The van der Waals surface area contributed by atoms with Gasteiger partial charge in [-0.2, -0.15) is 0 Å². The number of nitrogens with zero attached hydrogens (tertiary/aromatic N) is 1. The molecule has 0 bridgehead atoms. The van der Waals surface area contributed by atoms with Crippen molar-refractivity contribution in [3.63, 3.8) is 0 Å². The van der Waals surface area contributed by atoms with E-state index in [1.807, 2.05) is 54.8 Å². The van der Waals surface area contributed by atoms with Gasteiger partial charge in [0, 0.05) is 28.7 Å². The second-order valence-electron chi connectivity index (χ2n) is 5.86. The summed E-state index contributed by atoms with van der Waals surface area (Å²) in [4.78, 5) is 12.5. The molecule has 5 heteroatoms. The van der Waals surface area contributed by atoms with Gasteiger partial charge >= 0.3 is 0 Å². The molecule has 0 aliphatic heterocycles. The van der Waals surface area contributed by atoms with Gasteiger partial charge in [-0.1, -0.05) is 18.2 Å². The molecule has 3 aromatic rings. The van der Waals surface area contributed by atoms with Crippen LogP contribution in [0.3, 0.4) is 0 Å². The van der Waals surface area contributed by atoms with Crippen LogP contribution in [0, 0.1) is 25.5 Å². The van der Waals surface area contributed by atoms with Crippen molar-refractivity contribution in [2.24, 2.45) is 0 Å². The fourth-order valence-corrected chi connectivity index (χ4v) is 2.92. The maximum atomic E-state index is 13.7. The van der Waals surface area contributed by atoms with E-state index in [4.69, 9.17) is 0 Å². The molecule has 3 rings (SSSR count). The molecule has 0 fully saturated rings. The highest BCUT2D eigenvalue weighted by molar-refractivity contribution is 6.00. The SMILES string of the molecule is Cc1cc(C(=O)CNc2ccc(F)cc2F)c(C)n1-c1ccccc1. The van der Waals surface area contributed by atoms with E-state index in [9.17, 15) is 13.6 Å². The molecule has 1 aromatic heterocycles. The summed E-state index contributed by atoms with van der Waals surface area (Å²) in [5.41, 5.74) is 3.44. The Morgan fingerprint density at radius 2 is 1.76 bits per heavy atom. The van der Waals surface area contributed by atoms with Crippen LogP contribution in [0.4, 0.5) is 14.5 Å². The van der Waals surface area contributed by atoms with Crippen LogP contribution in [0.15, 0.2) is 54.6 Å². The number of hydrogen-bond acceptors (Lipinski definition) is 2. The van der Waals surface area contributed by atoms with Gasteiger partial charge < -0.3 is 9.88 Å². The van der Waals surface area contributed by atoms with Crippen LogP contribution in [-0.4, -0.2) is 16.9 Å². The van der Waals surface area contributed by atoms with Gasteiger partial charge in [0.1, 0.15) is 11.6 Å². The number of Topliss-reactive ketones (excluding diaryl/α,β-unsaturated/α-hetero) is 1. The van der Waals surface area contributed by atoms with E-state index < -0.39 is 11.6 Å². The number of para-hydroxylation sites is 1. The Kier molecular flexibility index (Phi) is 4.65. The van der Waals surface area contributed by atoms with E-state index in [1.165, 1.54) is 6.07 Å². The monoisotopic (exact) mass is 340 g/mol. The molecule has 0 saturated carbocycles. The van der Waals surface area contributed by atoms with Crippen LogP contribution in [0.2, 0.25) is 0 Å². The number of ketones is 1. The fraction of sp³-hybridized carbons (Fsp3) is 0.150. The topological polar surface area (TPSA) is 34.0 Å². The van der Waals surface area contributed by atoms with Crippen LogP contribution in [-0.2, 0) is 0 Å². The van der Waals surface area contributed by atoms with Gasteiger partial charge in [-0.25, -0.2) is 8.78 Å². The molecule has 0 spiro atoms. The first-order valence-corrected chi connectivity index (χ1v) is 7.94. The maximum Gasteiger partial charge on any atom is 0.183 e. The quantitative estimate of drug-likeness (QED) is 0.685. The number of carbonyl (C=O) groups is 1. The summed E-state index contributed by atoms with van der Waals surface area (Å²) in [5, 5.41) is 2.73. The second kappa shape index (κ2) is 6.89. The third kappa shape index (κ3) is 3.45. The van der Waals surface area contributed by atoms with E-state index in [-0.39, 0.29) is 18.0 Å². The number of aromatic nitrogens is 1. The minimum Gasteiger partial charge on any atom is -0.375 e. The zero-order valence-electron chi connectivity index (χ0n) is 14.0. The lowest BCUT2D eigenvalue weighted by atomic mass is 10.1. The lowest BCUT2D eigenvalue weighted by Crippen LogP contribution is -2.15. The average Bonchev–Trinajstić information content (AvgIpc) is 2.89. The molecule has 128 valence electrons. The van der Waals surface area contributed by atoms with Gasteiger partial charge in [0.25, 0.3) is 0 Å². The van der Waals surface area contributed by atoms with Crippen molar-refractivity contribution < 1.29 is 13.6 Å². The van der Waals surface area contributed by atoms with E-state index >= 15 is 0 Å². The number of nitrogens with one attached hydrogen (secondary N) is 1. The molecular weight excluding hydrogens is 322 g/mol. The number of hydrogen-bond donors (Lipinski definition) is 1. The van der Waals surface area contributed by atoms with E-state index in [1.54, 1.807) is 0 Å². The third-order valence-corrected chi connectivity index (χ3v) is 4.12. The van der Waals surface area contributed by atoms with E-state index in [2.05, 4.69) is 5.32 Å². The van der Waals surface area contributed by atoms with Crippen molar-refractivity contribution in [2.75, 3.05) is 11.9 Å². The highest BCUT2D eigenvalue weighted by Gasteiger charge is 2.17. The largest absolute Gasteiger partial charge is 0.375 e. The number of rotatable bonds is 5.